The summed E-state index contributed by atoms with van der Waals surface area (Å²) in [4.78, 5) is 11.3. The van der Waals surface area contributed by atoms with Gasteiger partial charge in [0.25, 0.3) is 0 Å². The van der Waals surface area contributed by atoms with Gasteiger partial charge in [0.2, 0.25) is 16.9 Å². The molecule has 2 aromatic heterocycles. The lowest BCUT2D eigenvalue weighted by molar-refractivity contribution is -0.114. The maximum atomic E-state index is 11.3. The highest BCUT2D eigenvalue weighted by molar-refractivity contribution is 7.99. The van der Waals surface area contributed by atoms with E-state index >= 15 is 0 Å². The van der Waals surface area contributed by atoms with E-state index in [1.807, 2.05) is 0 Å². The summed E-state index contributed by atoms with van der Waals surface area (Å²) in [6, 6.07) is 1.74. The lowest BCUT2D eigenvalue weighted by Gasteiger charge is -2.13. The SMILES string of the molecule is Cc1cc(-c2nnc3n2NC(=O)CS3)no1. The molecule has 0 saturated carbocycles. The van der Waals surface area contributed by atoms with Crippen LogP contribution in [0.2, 0.25) is 0 Å². The molecule has 0 aromatic carbocycles. The van der Waals surface area contributed by atoms with E-state index in [9.17, 15) is 4.79 Å². The third-order valence-corrected chi connectivity index (χ3v) is 2.99. The van der Waals surface area contributed by atoms with E-state index in [-0.39, 0.29) is 5.91 Å². The fourth-order valence-electron chi connectivity index (χ4n) is 1.39. The van der Waals surface area contributed by atoms with Crippen molar-refractivity contribution in [2.45, 2.75) is 12.1 Å². The zero-order chi connectivity index (χ0) is 11.1. The van der Waals surface area contributed by atoms with Crippen LogP contribution in [0.5, 0.6) is 0 Å². The fourth-order valence-corrected chi connectivity index (χ4v) is 2.07. The van der Waals surface area contributed by atoms with E-state index in [4.69, 9.17) is 4.52 Å². The molecule has 1 aliphatic heterocycles. The van der Waals surface area contributed by atoms with Crippen molar-refractivity contribution in [2.24, 2.45) is 0 Å². The number of aromatic nitrogens is 4. The van der Waals surface area contributed by atoms with Crippen molar-refractivity contribution in [3.63, 3.8) is 0 Å². The van der Waals surface area contributed by atoms with Crippen LogP contribution < -0.4 is 5.43 Å². The van der Waals surface area contributed by atoms with Crippen molar-refractivity contribution < 1.29 is 9.32 Å². The second-order valence-electron chi connectivity index (χ2n) is 3.29. The van der Waals surface area contributed by atoms with E-state index < -0.39 is 0 Å². The van der Waals surface area contributed by atoms with E-state index in [2.05, 4.69) is 20.8 Å². The average Bonchev–Trinajstić information content (AvgIpc) is 2.83. The summed E-state index contributed by atoms with van der Waals surface area (Å²) < 4.78 is 6.48. The number of amides is 1. The summed E-state index contributed by atoms with van der Waals surface area (Å²) in [5, 5.41) is 12.4. The molecule has 2 aromatic rings. The molecule has 7 nitrogen and oxygen atoms in total. The Balaban J connectivity index is 2.09. The predicted octanol–water partition coefficient (Wildman–Crippen LogP) is 0.417. The van der Waals surface area contributed by atoms with Crippen LogP contribution in [0.25, 0.3) is 11.5 Å². The minimum absolute atomic E-state index is 0.0845. The normalized spacial score (nSPS) is 14.7. The van der Waals surface area contributed by atoms with Gasteiger partial charge in [0.15, 0.2) is 5.69 Å². The highest BCUT2D eigenvalue weighted by Gasteiger charge is 2.23. The summed E-state index contributed by atoms with van der Waals surface area (Å²) in [7, 11) is 0. The van der Waals surface area contributed by atoms with Gasteiger partial charge in [0.1, 0.15) is 5.76 Å². The molecule has 0 radical (unpaired) electrons. The number of carbonyl (C=O) groups excluding carboxylic acids is 1. The number of carbonyl (C=O) groups is 1. The van der Waals surface area contributed by atoms with Crippen LogP contribution in [0, 0.1) is 6.92 Å². The molecule has 8 heteroatoms. The first-order valence-electron chi connectivity index (χ1n) is 4.56. The lowest BCUT2D eigenvalue weighted by atomic mass is 10.4. The number of fused-ring (bicyclic) bond motifs is 1. The summed E-state index contributed by atoms with van der Waals surface area (Å²) in [6.07, 6.45) is 0. The fraction of sp³-hybridized carbons (Fsp3) is 0.250. The second-order valence-corrected chi connectivity index (χ2v) is 4.23. The number of rotatable bonds is 1. The minimum atomic E-state index is -0.0845. The number of nitrogens with one attached hydrogen (secondary N) is 1. The van der Waals surface area contributed by atoms with E-state index in [1.54, 1.807) is 13.0 Å². The molecule has 0 unspecified atom stereocenters. The van der Waals surface area contributed by atoms with Crippen LogP contribution in [-0.4, -0.2) is 31.7 Å². The van der Waals surface area contributed by atoms with Gasteiger partial charge >= 0.3 is 0 Å². The highest BCUT2D eigenvalue weighted by Crippen LogP contribution is 2.24. The maximum Gasteiger partial charge on any atom is 0.249 e. The molecule has 0 fully saturated rings. The van der Waals surface area contributed by atoms with Crippen molar-refractivity contribution in [1.29, 1.82) is 0 Å². The number of thioether (sulfide) groups is 1. The van der Waals surface area contributed by atoms with Crippen LogP contribution in [-0.2, 0) is 4.79 Å². The molecule has 0 atom stereocenters. The van der Waals surface area contributed by atoms with E-state index in [1.165, 1.54) is 16.4 Å². The Bertz CT molecular complexity index is 561. The Labute approximate surface area is 94.2 Å². The van der Waals surface area contributed by atoms with E-state index in [0.29, 0.717) is 28.2 Å². The number of aryl methyl sites for hydroxylation is 1. The van der Waals surface area contributed by atoms with Crippen LogP contribution in [0.15, 0.2) is 15.7 Å². The number of nitrogens with zero attached hydrogens (tertiary/aromatic N) is 4. The zero-order valence-corrected chi connectivity index (χ0v) is 9.11. The Morgan fingerprint density at radius 1 is 1.56 bits per heavy atom. The van der Waals surface area contributed by atoms with Gasteiger partial charge in [-0.3, -0.25) is 10.2 Å². The van der Waals surface area contributed by atoms with Crippen LogP contribution >= 0.6 is 11.8 Å². The Morgan fingerprint density at radius 2 is 2.44 bits per heavy atom. The molecule has 3 heterocycles. The number of hydrogen-bond donors (Lipinski definition) is 1. The first-order chi connectivity index (χ1) is 7.74. The van der Waals surface area contributed by atoms with Gasteiger partial charge in [-0.2, -0.15) is 0 Å². The maximum absolute atomic E-state index is 11.3. The molecule has 0 saturated heterocycles. The molecule has 82 valence electrons. The summed E-state index contributed by atoms with van der Waals surface area (Å²) >= 11 is 1.34. The average molecular weight is 237 g/mol. The van der Waals surface area contributed by atoms with Gasteiger partial charge in [-0.05, 0) is 6.92 Å². The summed E-state index contributed by atoms with van der Waals surface area (Å²) in [5.74, 6) is 1.43. The van der Waals surface area contributed by atoms with Crippen molar-refractivity contribution >= 4 is 17.7 Å². The Kier molecular flexibility index (Phi) is 1.96. The quantitative estimate of drug-likeness (QED) is 0.773. The van der Waals surface area contributed by atoms with Crippen molar-refractivity contribution in [2.75, 3.05) is 11.2 Å². The highest BCUT2D eigenvalue weighted by atomic mass is 32.2. The predicted molar refractivity (Wildman–Crippen MR) is 55.3 cm³/mol. The Hall–Kier alpha value is -1.83. The number of hydrogen-bond acceptors (Lipinski definition) is 6. The van der Waals surface area contributed by atoms with Gasteiger partial charge in [-0.25, -0.2) is 4.68 Å². The third kappa shape index (κ3) is 1.38. The van der Waals surface area contributed by atoms with E-state index in [0.717, 1.165) is 0 Å². The summed E-state index contributed by atoms with van der Waals surface area (Å²) in [6.45, 7) is 1.79. The van der Waals surface area contributed by atoms with Gasteiger partial charge in [-0.1, -0.05) is 16.9 Å². The molecule has 0 spiro atoms. The monoisotopic (exact) mass is 237 g/mol. The topological polar surface area (TPSA) is 85.8 Å². The molecule has 0 bridgehead atoms. The first-order valence-corrected chi connectivity index (χ1v) is 5.54. The zero-order valence-electron chi connectivity index (χ0n) is 8.30. The molecular weight excluding hydrogens is 230 g/mol. The van der Waals surface area contributed by atoms with Gasteiger partial charge in [0.05, 0.1) is 5.75 Å². The molecule has 1 aliphatic rings. The minimum Gasteiger partial charge on any atom is -0.361 e. The molecule has 0 aliphatic carbocycles. The molecular formula is C8H7N5O2S. The largest absolute Gasteiger partial charge is 0.361 e. The second kappa shape index (κ2) is 3.34. The molecule has 3 rings (SSSR count). The lowest BCUT2D eigenvalue weighted by Crippen LogP contribution is -2.29. The molecule has 16 heavy (non-hydrogen) atoms. The van der Waals surface area contributed by atoms with Crippen molar-refractivity contribution in [3.8, 4) is 11.5 Å². The van der Waals surface area contributed by atoms with Crippen LogP contribution in [0.3, 0.4) is 0 Å². The van der Waals surface area contributed by atoms with Crippen LogP contribution in [0.1, 0.15) is 5.76 Å². The molecule has 1 N–H and O–H groups in total. The first kappa shape index (κ1) is 9.40. The van der Waals surface area contributed by atoms with Gasteiger partial charge < -0.3 is 4.52 Å². The summed E-state index contributed by atoms with van der Waals surface area (Å²) in [5.41, 5.74) is 3.22. The third-order valence-electron chi connectivity index (χ3n) is 2.06. The smallest absolute Gasteiger partial charge is 0.249 e. The van der Waals surface area contributed by atoms with Gasteiger partial charge in [-0.15, -0.1) is 10.2 Å². The Morgan fingerprint density at radius 3 is 3.19 bits per heavy atom. The van der Waals surface area contributed by atoms with Crippen molar-refractivity contribution in [1.82, 2.24) is 20.0 Å². The van der Waals surface area contributed by atoms with Gasteiger partial charge in [0, 0.05) is 6.07 Å². The molecule has 1 amide bonds. The van der Waals surface area contributed by atoms with Crippen molar-refractivity contribution in [3.05, 3.63) is 11.8 Å². The van der Waals surface area contributed by atoms with Crippen LogP contribution in [0.4, 0.5) is 0 Å². The standard InChI is InChI=1S/C8H7N5O2S/c1-4-2-5(12-15-4)7-9-10-8-13(7)11-6(14)3-16-8/h2H,3H2,1H3,(H,11,14).